The number of fused-ring (bicyclic) bond motifs is 2. The van der Waals surface area contributed by atoms with Crippen LogP contribution in [0.4, 0.5) is 0 Å². The van der Waals surface area contributed by atoms with Gasteiger partial charge in [0, 0.05) is 11.5 Å². The molecule has 2 atom stereocenters. The molecule has 1 spiro atoms. The van der Waals surface area contributed by atoms with Crippen molar-refractivity contribution < 1.29 is 4.79 Å². The van der Waals surface area contributed by atoms with Gasteiger partial charge in [-0.25, -0.2) is 0 Å². The number of hydrogen-bond acceptors (Lipinski definition) is 1. The predicted octanol–water partition coefficient (Wildman–Crippen LogP) is 5.57. The summed E-state index contributed by atoms with van der Waals surface area (Å²) in [4.78, 5) is 13.2. The second kappa shape index (κ2) is 5.68. The Morgan fingerprint density at radius 2 is 1.73 bits per heavy atom. The van der Waals surface area contributed by atoms with Gasteiger partial charge in [0.15, 0.2) is 5.78 Å². The van der Waals surface area contributed by atoms with Crippen LogP contribution in [-0.4, -0.2) is 5.78 Å². The first kappa shape index (κ1) is 14.2. The zero-order chi connectivity index (χ0) is 15.0. The first-order valence-electron chi connectivity index (χ1n) is 9.11. The highest BCUT2D eigenvalue weighted by molar-refractivity contribution is 6.00. The van der Waals surface area contributed by atoms with Crippen molar-refractivity contribution in [2.45, 2.75) is 57.8 Å². The lowest BCUT2D eigenvalue weighted by atomic mass is 9.58. The molecule has 3 aliphatic rings. The number of carbonyl (C=O) groups is 1. The molecule has 0 amide bonds. The highest BCUT2D eigenvalue weighted by Gasteiger charge is 2.53. The molecule has 0 radical (unpaired) electrons. The zero-order valence-corrected chi connectivity index (χ0v) is 13.4. The first-order chi connectivity index (χ1) is 10.8. The largest absolute Gasteiger partial charge is 0.293 e. The van der Waals surface area contributed by atoms with E-state index in [4.69, 9.17) is 0 Å². The molecule has 0 N–H and O–H groups in total. The summed E-state index contributed by atoms with van der Waals surface area (Å²) < 4.78 is 0. The molecule has 1 nitrogen and oxygen atoms in total. The number of hydrogen-bond donors (Lipinski definition) is 0. The number of Topliss-reactive ketones (excluding diaryl/α,β-unsaturated/α-hetero) is 1. The van der Waals surface area contributed by atoms with Gasteiger partial charge in [-0.15, -0.1) is 0 Å². The van der Waals surface area contributed by atoms with Crippen molar-refractivity contribution in [3.05, 3.63) is 47.5 Å². The summed E-state index contributed by atoms with van der Waals surface area (Å²) in [5, 5.41) is 0. The summed E-state index contributed by atoms with van der Waals surface area (Å²) in [6, 6.07) is 9.99. The molecule has 2 unspecified atom stereocenters. The second-order valence-corrected chi connectivity index (χ2v) is 7.54. The minimum atomic E-state index is 0.147. The normalized spacial score (nSPS) is 29.9. The van der Waals surface area contributed by atoms with Crippen LogP contribution in [0.5, 0.6) is 0 Å². The Kier molecular flexibility index (Phi) is 3.68. The van der Waals surface area contributed by atoms with E-state index in [0.717, 1.165) is 5.56 Å². The lowest BCUT2D eigenvalue weighted by Gasteiger charge is -2.45. The smallest absolute Gasteiger partial charge is 0.170 e. The molecule has 22 heavy (non-hydrogen) atoms. The number of benzene rings is 1. The zero-order valence-electron chi connectivity index (χ0n) is 13.4. The van der Waals surface area contributed by atoms with Crippen molar-refractivity contribution >= 4 is 5.78 Å². The molecule has 116 valence electrons. The van der Waals surface area contributed by atoms with E-state index in [1.165, 1.54) is 57.8 Å². The molecule has 0 aromatic heterocycles. The molecule has 2 saturated carbocycles. The molecule has 0 bridgehead atoms. The van der Waals surface area contributed by atoms with Crippen molar-refractivity contribution in [1.29, 1.82) is 0 Å². The van der Waals surface area contributed by atoms with Gasteiger partial charge in [0.1, 0.15) is 0 Å². The Balaban J connectivity index is 1.72. The summed E-state index contributed by atoms with van der Waals surface area (Å²) >= 11 is 0. The Morgan fingerprint density at radius 1 is 0.955 bits per heavy atom. The lowest BCUT2D eigenvalue weighted by molar-refractivity contribution is 0.0539. The molecule has 0 heterocycles. The van der Waals surface area contributed by atoms with Gasteiger partial charge in [0.2, 0.25) is 0 Å². The first-order valence-corrected chi connectivity index (χ1v) is 9.11. The van der Waals surface area contributed by atoms with Crippen LogP contribution in [0, 0.1) is 17.3 Å². The lowest BCUT2D eigenvalue weighted by Crippen LogP contribution is -2.40. The fourth-order valence-electron chi connectivity index (χ4n) is 5.48. The molecule has 0 aliphatic heterocycles. The van der Waals surface area contributed by atoms with Crippen molar-refractivity contribution in [3.8, 4) is 0 Å². The average molecular weight is 294 g/mol. The molecular formula is C21H26O. The van der Waals surface area contributed by atoms with Gasteiger partial charge in [-0.2, -0.15) is 0 Å². The number of ketones is 1. The monoisotopic (exact) mass is 294 g/mol. The number of carbonyl (C=O) groups excluding carboxylic acids is 1. The second-order valence-electron chi connectivity index (χ2n) is 7.54. The minimum absolute atomic E-state index is 0.147. The van der Waals surface area contributed by atoms with Gasteiger partial charge in [0.25, 0.3) is 0 Å². The molecule has 1 aromatic carbocycles. The van der Waals surface area contributed by atoms with E-state index < -0.39 is 0 Å². The van der Waals surface area contributed by atoms with Gasteiger partial charge < -0.3 is 0 Å². The van der Waals surface area contributed by atoms with Crippen LogP contribution < -0.4 is 0 Å². The maximum absolute atomic E-state index is 13.2. The van der Waals surface area contributed by atoms with Crippen molar-refractivity contribution in [2.24, 2.45) is 17.3 Å². The summed E-state index contributed by atoms with van der Waals surface area (Å²) in [5.74, 6) is 1.23. The molecular weight excluding hydrogens is 268 g/mol. The molecule has 3 aliphatic carbocycles. The van der Waals surface area contributed by atoms with Crippen molar-refractivity contribution in [2.75, 3.05) is 0 Å². The number of allylic oxidation sites excluding steroid dienone is 2. The Morgan fingerprint density at radius 3 is 2.50 bits per heavy atom. The predicted molar refractivity (Wildman–Crippen MR) is 89.8 cm³/mol. The summed E-state index contributed by atoms with van der Waals surface area (Å²) in [6.45, 7) is 0. The minimum Gasteiger partial charge on any atom is -0.293 e. The quantitative estimate of drug-likeness (QED) is 0.515. The van der Waals surface area contributed by atoms with Gasteiger partial charge in [0.05, 0.1) is 0 Å². The van der Waals surface area contributed by atoms with Crippen LogP contribution >= 0.6 is 0 Å². The highest BCUT2D eigenvalue weighted by atomic mass is 16.1. The topological polar surface area (TPSA) is 17.1 Å². The van der Waals surface area contributed by atoms with Gasteiger partial charge in [-0.1, -0.05) is 67.7 Å². The molecule has 4 rings (SSSR count). The van der Waals surface area contributed by atoms with E-state index in [-0.39, 0.29) is 11.3 Å². The van der Waals surface area contributed by atoms with Crippen molar-refractivity contribution in [1.82, 2.24) is 0 Å². The van der Waals surface area contributed by atoms with Gasteiger partial charge >= 0.3 is 0 Å². The summed E-state index contributed by atoms with van der Waals surface area (Å²) in [5.41, 5.74) is 2.80. The van der Waals surface area contributed by atoms with E-state index in [1.54, 1.807) is 5.57 Å². The van der Waals surface area contributed by atoms with E-state index in [2.05, 4.69) is 6.08 Å². The number of rotatable bonds is 2. The molecule has 2 fully saturated rings. The highest BCUT2D eigenvalue weighted by Crippen LogP contribution is 2.60. The van der Waals surface area contributed by atoms with Crippen LogP contribution in [0.1, 0.15) is 68.1 Å². The third-order valence-corrected chi connectivity index (χ3v) is 6.48. The maximum Gasteiger partial charge on any atom is 0.170 e. The van der Waals surface area contributed by atoms with Crippen LogP contribution in [0.15, 0.2) is 42.0 Å². The van der Waals surface area contributed by atoms with Crippen LogP contribution in [0.3, 0.4) is 0 Å². The van der Waals surface area contributed by atoms with Crippen LogP contribution in [0.2, 0.25) is 0 Å². The summed E-state index contributed by atoms with van der Waals surface area (Å²) in [6.07, 6.45) is 14.2. The Bertz CT molecular complexity index is 577. The van der Waals surface area contributed by atoms with E-state index in [1.807, 2.05) is 30.3 Å². The summed E-state index contributed by atoms with van der Waals surface area (Å²) in [7, 11) is 0. The third-order valence-electron chi connectivity index (χ3n) is 6.48. The van der Waals surface area contributed by atoms with E-state index >= 15 is 0 Å². The average Bonchev–Trinajstić information content (AvgIpc) is 2.90. The Labute approximate surface area is 133 Å². The maximum atomic E-state index is 13.2. The van der Waals surface area contributed by atoms with Crippen LogP contribution in [0.25, 0.3) is 0 Å². The van der Waals surface area contributed by atoms with Gasteiger partial charge in [-0.3, -0.25) is 4.79 Å². The van der Waals surface area contributed by atoms with E-state index in [9.17, 15) is 4.79 Å². The molecule has 1 heteroatoms. The molecule has 1 aromatic rings. The third kappa shape index (κ3) is 2.17. The SMILES string of the molecule is O=C(c1ccccc1)C1C=C2CCCCC2C12CCCCC2. The van der Waals surface area contributed by atoms with Crippen LogP contribution in [-0.2, 0) is 0 Å². The fourth-order valence-corrected chi connectivity index (χ4v) is 5.48. The Hall–Kier alpha value is -1.37. The van der Waals surface area contributed by atoms with E-state index in [0.29, 0.717) is 11.7 Å². The fraction of sp³-hybridized carbons (Fsp3) is 0.571. The van der Waals surface area contributed by atoms with Gasteiger partial charge in [-0.05, 0) is 43.4 Å². The van der Waals surface area contributed by atoms with Crippen molar-refractivity contribution in [3.63, 3.8) is 0 Å². The standard InChI is InChI=1S/C21H26O/c22-20(16-9-3-1-4-10-16)19-15-17-11-5-6-12-18(17)21(19)13-7-2-8-14-21/h1,3-4,9-10,15,18-19H,2,5-8,11-14H2. The molecule has 0 saturated heterocycles.